The Bertz CT molecular complexity index is 624. The van der Waals surface area contributed by atoms with E-state index in [1.54, 1.807) is 32.4 Å². The number of aryl methyl sites for hydroxylation is 1. The maximum absolute atomic E-state index is 11.0. The van der Waals surface area contributed by atoms with Gasteiger partial charge in [-0.1, -0.05) is 12.1 Å². The Morgan fingerprint density at radius 1 is 1.48 bits per heavy atom. The van der Waals surface area contributed by atoms with E-state index >= 15 is 0 Å². The lowest BCUT2D eigenvalue weighted by atomic mass is 10.1. The summed E-state index contributed by atoms with van der Waals surface area (Å²) in [5.74, 6) is 1.05. The summed E-state index contributed by atoms with van der Waals surface area (Å²) in [5.41, 5.74) is 1.33. The Labute approximate surface area is 122 Å². The third-order valence-electron chi connectivity index (χ3n) is 3.00. The smallest absolute Gasteiger partial charge is 0.273 e. The molecule has 7 heteroatoms. The van der Waals surface area contributed by atoms with E-state index in [0.29, 0.717) is 42.5 Å². The molecule has 0 bridgehead atoms. The van der Waals surface area contributed by atoms with E-state index in [1.165, 1.54) is 6.07 Å². The van der Waals surface area contributed by atoms with Gasteiger partial charge in [-0.2, -0.15) is 0 Å². The summed E-state index contributed by atoms with van der Waals surface area (Å²) in [6.07, 6.45) is 1.57. The van der Waals surface area contributed by atoms with Crippen molar-refractivity contribution in [3.8, 4) is 11.3 Å². The van der Waals surface area contributed by atoms with Gasteiger partial charge in [0.25, 0.3) is 5.69 Å². The van der Waals surface area contributed by atoms with Crippen LogP contribution in [0.25, 0.3) is 11.3 Å². The van der Waals surface area contributed by atoms with Gasteiger partial charge in [-0.3, -0.25) is 10.1 Å². The molecular weight excluding hydrogens is 274 g/mol. The van der Waals surface area contributed by atoms with Gasteiger partial charge in [0.15, 0.2) is 5.76 Å². The fourth-order valence-corrected chi connectivity index (χ4v) is 1.85. The Kier molecular flexibility index (Phi) is 5.02. The highest BCUT2D eigenvalue weighted by Gasteiger charge is 2.14. The number of methoxy groups -OCH3 is 1. The van der Waals surface area contributed by atoms with Crippen LogP contribution < -0.4 is 5.32 Å². The van der Waals surface area contributed by atoms with Gasteiger partial charge in [0.05, 0.1) is 24.3 Å². The van der Waals surface area contributed by atoms with Crippen molar-refractivity contribution >= 4 is 5.69 Å². The molecule has 0 saturated carbocycles. The molecule has 1 N–H and O–H groups in total. The molecule has 0 aliphatic heterocycles. The fourth-order valence-electron chi connectivity index (χ4n) is 1.85. The number of nitrogens with one attached hydrogen (secondary N) is 1. The van der Waals surface area contributed by atoms with E-state index in [-0.39, 0.29) is 5.69 Å². The van der Waals surface area contributed by atoms with E-state index < -0.39 is 4.92 Å². The van der Waals surface area contributed by atoms with Crippen LogP contribution in [0.5, 0.6) is 0 Å². The minimum absolute atomic E-state index is 0.0728. The van der Waals surface area contributed by atoms with Crippen LogP contribution in [0.2, 0.25) is 0 Å². The number of nitro groups is 1. The number of hydrogen-bond donors (Lipinski definition) is 1. The maximum atomic E-state index is 11.0. The van der Waals surface area contributed by atoms with Gasteiger partial charge >= 0.3 is 0 Å². The first-order valence-corrected chi connectivity index (χ1v) is 6.51. The minimum Gasteiger partial charge on any atom is -0.439 e. The van der Waals surface area contributed by atoms with Crippen LogP contribution >= 0.6 is 0 Å². The second-order valence-electron chi connectivity index (χ2n) is 4.55. The molecule has 0 unspecified atom stereocenters. The van der Waals surface area contributed by atoms with E-state index in [0.717, 1.165) is 0 Å². The number of ether oxygens (including phenoxy) is 1. The van der Waals surface area contributed by atoms with E-state index in [4.69, 9.17) is 9.15 Å². The summed E-state index contributed by atoms with van der Waals surface area (Å²) in [6, 6.07) is 4.98. The van der Waals surface area contributed by atoms with Crippen LogP contribution in [-0.2, 0) is 11.3 Å². The third-order valence-corrected chi connectivity index (χ3v) is 3.00. The van der Waals surface area contributed by atoms with Gasteiger partial charge in [-0.15, -0.1) is 0 Å². The van der Waals surface area contributed by atoms with Crippen molar-refractivity contribution in [3.63, 3.8) is 0 Å². The van der Waals surface area contributed by atoms with Gasteiger partial charge in [0.2, 0.25) is 5.89 Å². The van der Waals surface area contributed by atoms with Crippen molar-refractivity contribution < 1.29 is 14.1 Å². The van der Waals surface area contributed by atoms with Crippen molar-refractivity contribution in [2.75, 3.05) is 20.3 Å². The van der Waals surface area contributed by atoms with Crippen molar-refractivity contribution in [3.05, 3.63) is 46.0 Å². The van der Waals surface area contributed by atoms with E-state index in [1.807, 2.05) is 0 Å². The second-order valence-corrected chi connectivity index (χ2v) is 4.55. The standard InChI is InChI=1S/C14H17N3O4/c1-10-3-4-11(7-12(10)17(18)19)13-8-16-14(21-13)9-15-5-6-20-2/h3-4,7-8,15H,5-6,9H2,1-2H3. The van der Waals surface area contributed by atoms with E-state index in [9.17, 15) is 10.1 Å². The fraction of sp³-hybridized carbons (Fsp3) is 0.357. The predicted molar refractivity (Wildman–Crippen MR) is 76.9 cm³/mol. The largest absolute Gasteiger partial charge is 0.439 e. The zero-order chi connectivity index (χ0) is 15.2. The first kappa shape index (κ1) is 15.1. The molecule has 1 aromatic carbocycles. The third kappa shape index (κ3) is 3.87. The molecule has 0 aliphatic rings. The Balaban J connectivity index is 2.10. The number of rotatable bonds is 7. The number of nitro benzene ring substituents is 1. The topological polar surface area (TPSA) is 90.4 Å². The maximum Gasteiger partial charge on any atom is 0.273 e. The van der Waals surface area contributed by atoms with Crippen LogP contribution in [0.3, 0.4) is 0 Å². The average Bonchev–Trinajstić information content (AvgIpc) is 2.92. The quantitative estimate of drug-likeness (QED) is 0.478. The summed E-state index contributed by atoms with van der Waals surface area (Å²) in [6.45, 7) is 3.49. The molecule has 1 heterocycles. The van der Waals surface area contributed by atoms with Crippen molar-refractivity contribution in [2.24, 2.45) is 0 Å². The normalized spacial score (nSPS) is 10.8. The summed E-state index contributed by atoms with van der Waals surface area (Å²) in [5, 5.41) is 14.1. The molecule has 1 aromatic heterocycles. The monoisotopic (exact) mass is 291 g/mol. The van der Waals surface area contributed by atoms with Gasteiger partial charge in [0.1, 0.15) is 0 Å². The molecule has 7 nitrogen and oxygen atoms in total. The molecule has 0 aliphatic carbocycles. The highest BCUT2D eigenvalue weighted by atomic mass is 16.6. The Morgan fingerprint density at radius 3 is 3.00 bits per heavy atom. The SMILES string of the molecule is COCCNCc1ncc(-c2ccc(C)c([N+](=O)[O-])c2)o1. The lowest BCUT2D eigenvalue weighted by Crippen LogP contribution is -2.18. The molecular formula is C14H17N3O4. The van der Waals surface area contributed by atoms with E-state index in [2.05, 4.69) is 10.3 Å². The molecule has 2 rings (SSSR count). The number of hydrogen-bond acceptors (Lipinski definition) is 6. The number of benzene rings is 1. The van der Waals surface area contributed by atoms with Gasteiger partial charge in [-0.05, 0) is 6.92 Å². The molecule has 2 aromatic rings. The second kappa shape index (κ2) is 6.96. The van der Waals surface area contributed by atoms with Crippen molar-refractivity contribution in [2.45, 2.75) is 13.5 Å². The summed E-state index contributed by atoms with van der Waals surface area (Å²) in [7, 11) is 1.63. The lowest BCUT2D eigenvalue weighted by molar-refractivity contribution is -0.385. The Hall–Kier alpha value is -2.25. The average molecular weight is 291 g/mol. The molecule has 0 radical (unpaired) electrons. The predicted octanol–water partition coefficient (Wildman–Crippen LogP) is 2.29. The summed E-state index contributed by atoms with van der Waals surface area (Å²) >= 11 is 0. The molecule has 0 amide bonds. The minimum atomic E-state index is -0.400. The number of nitrogens with zero attached hydrogens (tertiary/aromatic N) is 2. The summed E-state index contributed by atoms with van der Waals surface area (Å²) in [4.78, 5) is 14.7. The zero-order valence-corrected chi connectivity index (χ0v) is 12.0. The zero-order valence-electron chi connectivity index (χ0n) is 12.0. The highest BCUT2D eigenvalue weighted by Crippen LogP contribution is 2.27. The molecule has 0 spiro atoms. The lowest BCUT2D eigenvalue weighted by Gasteiger charge is -2.01. The van der Waals surface area contributed by atoms with Gasteiger partial charge in [0, 0.05) is 30.8 Å². The first-order valence-electron chi connectivity index (χ1n) is 6.51. The van der Waals surface area contributed by atoms with Crippen LogP contribution in [-0.4, -0.2) is 30.2 Å². The van der Waals surface area contributed by atoms with Gasteiger partial charge in [-0.25, -0.2) is 4.98 Å². The number of aromatic nitrogens is 1. The highest BCUT2D eigenvalue weighted by molar-refractivity contribution is 5.62. The van der Waals surface area contributed by atoms with Crippen molar-refractivity contribution in [1.82, 2.24) is 10.3 Å². The van der Waals surface area contributed by atoms with Crippen LogP contribution in [0.4, 0.5) is 5.69 Å². The first-order chi connectivity index (χ1) is 10.1. The van der Waals surface area contributed by atoms with Crippen molar-refractivity contribution in [1.29, 1.82) is 0 Å². The number of oxazole rings is 1. The van der Waals surface area contributed by atoms with Crippen LogP contribution in [0.15, 0.2) is 28.8 Å². The van der Waals surface area contributed by atoms with Crippen LogP contribution in [0, 0.1) is 17.0 Å². The molecule has 0 fully saturated rings. The summed E-state index contributed by atoms with van der Waals surface area (Å²) < 4.78 is 10.5. The molecule has 0 atom stereocenters. The van der Waals surface area contributed by atoms with Crippen LogP contribution in [0.1, 0.15) is 11.5 Å². The molecule has 112 valence electrons. The molecule has 0 saturated heterocycles. The van der Waals surface area contributed by atoms with Gasteiger partial charge < -0.3 is 14.5 Å². The Morgan fingerprint density at radius 2 is 2.29 bits per heavy atom. The molecule has 21 heavy (non-hydrogen) atoms.